The second-order valence-corrected chi connectivity index (χ2v) is 10.5. The number of aromatic nitrogens is 2. The van der Waals surface area contributed by atoms with Gasteiger partial charge in [-0.1, -0.05) is 24.3 Å². The molecule has 1 aromatic carbocycles. The maximum absolute atomic E-state index is 12.2. The smallest absolute Gasteiger partial charge is 0.317 e. The Hall–Kier alpha value is -3.10. The molecule has 0 atom stereocenters. The number of rotatable bonds is 6. The molecule has 0 unspecified atom stereocenters. The van der Waals surface area contributed by atoms with Gasteiger partial charge in [-0.15, -0.1) is 0 Å². The molecule has 37 heavy (non-hydrogen) atoms. The first-order valence-corrected chi connectivity index (χ1v) is 13.6. The Morgan fingerprint density at radius 3 is 2.35 bits per heavy atom. The average molecular weight is 505 g/mol. The van der Waals surface area contributed by atoms with Gasteiger partial charge in [0.05, 0.1) is 16.8 Å². The maximum Gasteiger partial charge on any atom is 0.317 e. The lowest BCUT2D eigenvalue weighted by atomic mass is 9.83. The normalized spacial score (nSPS) is 18.5. The fraction of sp³-hybridized carbons (Fsp3) is 0.517. The molecule has 198 valence electrons. The zero-order chi connectivity index (χ0) is 26.0. The summed E-state index contributed by atoms with van der Waals surface area (Å²) in [4.78, 5) is 19.0. The van der Waals surface area contributed by atoms with E-state index in [2.05, 4.69) is 76.7 Å². The van der Waals surface area contributed by atoms with Gasteiger partial charge in [0.2, 0.25) is 0 Å². The van der Waals surface area contributed by atoms with E-state index >= 15 is 0 Å². The summed E-state index contributed by atoms with van der Waals surface area (Å²) in [5.41, 5.74) is 5.61. The molecule has 1 N–H and O–H groups in total. The molecule has 0 radical (unpaired) electrons. The Morgan fingerprint density at radius 2 is 1.73 bits per heavy atom. The summed E-state index contributed by atoms with van der Waals surface area (Å²) >= 11 is 0. The molecule has 0 saturated carbocycles. The third-order valence-corrected chi connectivity index (χ3v) is 8.19. The number of benzene rings is 1. The summed E-state index contributed by atoms with van der Waals surface area (Å²) in [5, 5.41) is 7.48. The minimum absolute atomic E-state index is 0.0242. The van der Waals surface area contributed by atoms with Gasteiger partial charge < -0.3 is 24.8 Å². The van der Waals surface area contributed by atoms with Crippen LogP contribution in [0.4, 0.5) is 10.5 Å². The molecule has 2 aliphatic heterocycles. The number of methoxy groups -OCH3 is 1. The molecule has 2 fully saturated rings. The van der Waals surface area contributed by atoms with Gasteiger partial charge in [0, 0.05) is 76.9 Å². The quantitative estimate of drug-likeness (QED) is 0.545. The van der Waals surface area contributed by atoms with E-state index in [4.69, 9.17) is 4.74 Å². The van der Waals surface area contributed by atoms with E-state index in [1.54, 1.807) is 0 Å². The summed E-state index contributed by atoms with van der Waals surface area (Å²) in [5.74, 6) is 0. The predicted octanol–water partition coefficient (Wildman–Crippen LogP) is 4.20. The van der Waals surface area contributed by atoms with Crippen LogP contribution in [0.25, 0.3) is 16.6 Å². The van der Waals surface area contributed by atoms with Crippen molar-refractivity contribution in [1.29, 1.82) is 0 Å². The second-order valence-electron chi connectivity index (χ2n) is 10.5. The summed E-state index contributed by atoms with van der Waals surface area (Å²) in [6.07, 6.45) is 5.98. The Labute approximate surface area is 220 Å². The third kappa shape index (κ3) is 5.05. The van der Waals surface area contributed by atoms with Crippen LogP contribution in [0.5, 0.6) is 0 Å². The molecule has 5 rings (SSSR count). The van der Waals surface area contributed by atoms with Crippen LogP contribution in [0.1, 0.15) is 39.2 Å². The van der Waals surface area contributed by atoms with Crippen molar-refractivity contribution in [3.05, 3.63) is 54.4 Å². The van der Waals surface area contributed by atoms with Gasteiger partial charge in [-0.25, -0.2) is 9.31 Å². The number of piperazine rings is 1. The van der Waals surface area contributed by atoms with Gasteiger partial charge >= 0.3 is 6.03 Å². The first-order valence-electron chi connectivity index (χ1n) is 13.6. The predicted molar refractivity (Wildman–Crippen MR) is 148 cm³/mol. The van der Waals surface area contributed by atoms with Crippen molar-refractivity contribution in [3.63, 3.8) is 0 Å². The van der Waals surface area contributed by atoms with Crippen LogP contribution in [-0.4, -0.2) is 84.4 Å². The lowest BCUT2D eigenvalue weighted by Gasteiger charge is -2.42. The number of hydrogen-bond acceptors (Lipinski definition) is 5. The second kappa shape index (κ2) is 10.7. The number of carbonyl (C=O) groups excluding carboxylic acids is 1. The van der Waals surface area contributed by atoms with Gasteiger partial charge in [0.1, 0.15) is 0 Å². The van der Waals surface area contributed by atoms with Crippen molar-refractivity contribution in [3.8, 4) is 11.1 Å². The van der Waals surface area contributed by atoms with E-state index in [9.17, 15) is 4.79 Å². The van der Waals surface area contributed by atoms with E-state index in [0.717, 1.165) is 55.8 Å². The van der Waals surface area contributed by atoms with E-state index in [-0.39, 0.29) is 11.6 Å². The van der Waals surface area contributed by atoms with Gasteiger partial charge in [-0.3, -0.25) is 0 Å². The molecule has 4 heterocycles. The number of hydrogen-bond donors (Lipinski definition) is 1. The van der Waals surface area contributed by atoms with Crippen LogP contribution in [0.2, 0.25) is 0 Å². The fourth-order valence-electron chi connectivity index (χ4n) is 5.82. The molecule has 2 aromatic heterocycles. The SMILES string of the molecule is CCNC(=O)N1CCN(c2ccnn3cc(-c4ccc(C5(OC)CCN(C(C)C)CC5)cc4)cc23)CC1. The molecule has 0 aliphatic carbocycles. The Morgan fingerprint density at radius 1 is 1.03 bits per heavy atom. The molecule has 0 bridgehead atoms. The number of nitrogens with one attached hydrogen (secondary N) is 1. The summed E-state index contributed by atoms with van der Waals surface area (Å²) in [6, 6.07) is 13.8. The highest BCUT2D eigenvalue weighted by atomic mass is 16.5. The van der Waals surface area contributed by atoms with E-state index in [0.29, 0.717) is 25.7 Å². The highest BCUT2D eigenvalue weighted by Crippen LogP contribution is 2.38. The number of ether oxygens (including phenoxy) is 1. The number of urea groups is 1. The standard InChI is InChI=1S/C29H40N6O2/c1-5-30-28(36)34-18-16-33(17-19-34)26-10-13-31-35-21-24(20-27(26)35)23-6-8-25(9-7-23)29(37-4)11-14-32(15-12-29)22(2)3/h6-10,13,20-22H,5,11-12,14-19H2,1-4H3,(H,30,36). The van der Waals surface area contributed by atoms with Crippen LogP contribution in [0, 0.1) is 0 Å². The minimum Gasteiger partial charge on any atom is -0.373 e. The Kier molecular flexibility index (Phi) is 7.40. The minimum atomic E-state index is -0.208. The van der Waals surface area contributed by atoms with Crippen molar-refractivity contribution >= 4 is 17.2 Å². The van der Waals surface area contributed by atoms with E-state index in [1.807, 2.05) is 29.6 Å². The summed E-state index contributed by atoms with van der Waals surface area (Å²) < 4.78 is 8.10. The molecule has 2 saturated heterocycles. The van der Waals surface area contributed by atoms with Crippen LogP contribution in [0.15, 0.2) is 48.8 Å². The first-order chi connectivity index (χ1) is 17.9. The molecule has 3 aromatic rings. The Balaban J connectivity index is 1.33. The molecule has 8 heteroatoms. The van der Waals surface area contributed by atoms with Crippen molar-refractivity contribution in [2.24, 2.45) is 0 Å². The Bertz CT molecular complexity index is 1200. The highest BCUT2D eigenvalue weighted by molar-refractivity contribution is 5.80. The van der Waals surface area contributed by atoms with Crippen LogP contribution < -0.4 is 10.2 Å². The monoisotopic (exact) mass is 504 g/mol. The summed E-state index contributed by atoms with van der Waals surface area (Å²) in [7, 11) is 1.85. The largest absolute Gasteiger partial charge is 0.373 e. The van der Waals surface area contributed by atoms with Crippen LogP contribution in [-0.2, 0) is 10.3 Å². The van der Waals surface area contributed by atoms with Crippen molar-refractivity contribution in [2.75, 3.05) is 57.8 Å². The molecular formula is C29H40N6O2. The average Bonchev–Trinajstić information content (AvgIpc) is 3.38. The highest BCUT2D eigenvalue weighted by Gasteiger charge is 2.36. The van der Waals surface area contributed by atoms with Crippen LogP contribution in [0.3, 0.4) is 0 Å². The molecule has 2 amide bonds. The van der Waals surface area contributed by atoms with Gasteiger partial charge in [0.25, 0.3) is 0 Å². The maximum atomic E-state index is 12.2. The number of nitrogens with zero attached hydrogens (tertiary/aromatic N) is 5. The van der Waals surface area contributed by atoms with E-state index < -0.39 is 0 Å². The molecular weight excluding hydrogens is 464 g/mol. The third-order valence-electron chi connectivity index (χ3n) is 8.19. The first kappa shape index (κ1) is 25.5. The van der Waals surface area contributed by atoms with Gasteiger partial charge in [-0.05, 0) is 56.9 Å². The lowest BCUT2D eigenvalue weighted by molar-refractivity contribution is -0.0669. The zero-order valence-corrected chi connectivity index (χ0v) is 22.6. The number of likely N-dealkylation sites (tertiary alicyclic amines) is 1. The lowest BCUT2D eigenvalue weighted by Crippen LogP contribution is -2.51. The van der Waals surface area contributed by atoms with Gasteiger partial charge in [-0.2, -0.15) is 5.10 Å². The fourth-order valence-corrected chi connectivity index (χ4v) is 5.82. The van der Waals surface area contributed by atoms with Crippen LogP contribution >= 0.6 is 0 Å². The van der Waals surface area contributed by atoms with Crippen molar-refractivity contribution < 1.29 is 9.53 Å². The number of piperidine rings is 1. The molecule has 0 spiro atoms. The topological polar surface area (TPSA) is 65.4 Å². The van der Waals surface area contributed by atoms with Crippen molar-refractivity contribution in [1.82, 2.24) is 24.7 Å². The number of amides is 2. The zero-order valence-electron chi connectivity index (χ0n) is 22.6. The summed E-state index contributed by atoms with van der Waals surface area (Å²) in [6.45, 7) is 12.3. The number of carbonyl (C=O) groups is 1. The molecule has 2 aliphatic rings. The van der Waals surface area contributed by atoms with Crippen molar-refractivity contribution in [2.45, 2.75) is 45.3 Å². The van der Waals surface area contributed by atoms with E-state index in [1.165, 1.54) is 11.1 Å². The van der Waals surface area contributed by atoms with Gasteiger partial charge in [0.15, 0.2) is 0 Å². The number of anilines is 1. The molecule has 8 nitrogen and oxygen atoms in total. The number of fused-ring (bicyclic) bond motifs is 1.